The summed E-state index contributed by atoms with van der Waals surface area (Å²) in [4.78, 5) is 16.1. The van der Waals surface area contributed by atoms with Crippen molar-refractivity contribution in [3.05, 3.63) is 41.5 Å². The third kappa shape index (κ3) is 2.58. The number of hydrogen-bond donors (Lipinski definition) is 0. The Morgan fingerprint density at radius 2 is 1.86 bits per heavy atom. The molecule has 1 aliphatic carbocycles. The Morgan fingerprint density at radius 3 is 2.41 bits per heavy atom. The summed E-state index contributed by atoms with van der Waals surface area (Å²) in [6, 6.07) is 5.87. The molecule has 0 saturated heterocycles. The van der Waals surface area contributed by atoms with E-state index in [0.29, 0.717) is 0 Å². The van der Waals surface area contributed by atoms with Gasteiger partial charge in [-0.3, -0.25) is 4.79 Å². The molecule has 1 aliphatic rings. The van der Waals surface area contributed by atoms with Crippen molar-refractivity contribution in [1.29, 1.82) is 0 Å². The number of alkyl halides is 3. The Hall–Kier alpha value is -2.31. The Labute approximate surface area is 125 Å². The Balaban J connectivity index is 2.76. The van der Waals surface area contributed by atoms with Gasteiger partial charge in [0.2, 0.25) is 0 Å². The first-order valence-corrected chi connectivity index (χ1v) is 6.40. The number of oxime groups is 1. The highest BCUT2D eigenvalue weighted by atomic mass is 19.4. The third-order valence-corrected chi connectivity index (χ3v) is 3.34. The lowest BCUT2D eigenvalue weighted by Gasteiger charge is -2.27. The molecule has 0 heterocycles. The van der Waals surface area contributed by atoms with E-state index < -0.39 is 23.3 Å². The summed E-state index contributed by atoms with van der Waals surface area (Å²) >= 11 is 0. The van der Waals surface area contributed by atoms with Gasteiger partial charge in [0.1, 0.15) is 12.8 Å². The lowest BCUT2D eigenvalue weighted by atomic mass is 9.91. The summed E-state index contributed by atoms with van der Waals surface area (Å²) in [7, 11) is 1.26. The summed E-state index contributed by atoms with van der Waals surface area (Å²) in [6.07, 6.45) is -3.71. The van der Waals surface area contributed by atoms with Crippen LogP contribution in [0.15, 0.2) is 35.5 Å². The summed E-state index contributed by atoms with van der Waals surface area (Å²) in [5.41, 5.74) is -2.33. The van der Waals surface area contributed by atoms with Crippen molar-refractivity contribution in [2.75, 3.05) is 7.11 Å². The van der Waals surface area contributed by atoms with Crippen LogP contribution in [0.3, 0.4) is 0 Å². The second-order valence-corrected chi connectivity index (χ2v) is 4.79. The molecular formula is C15H14F3NO3. The van der Waals surface area contributed by atoms with Crippen LogP contribution >= 0.6 is 0 Å². The number of nitrogens with zero attached hydrogens (tertiary/aromatic N) is 1. The zero-order valence-electron chi connectivity index (χ0n) is 12.2. The molecule has 22 heavy (non-hydrogen) atoms. The van der Waals surface area contributed by atoms with Gasteiger partial charge in [-0.25, -0.2) is 0 Å². The second kappa shape index (κ2) is 5.47. The number of benzene rings is 1. The monoisotopic (exact) mass is 313 g/mol. The smallest absolute Gasteiger partial charge is 0.416 e. The number of esters is 1. The fourth-order valence-electron chi connectivity index (χ4n) is 2.52. The summed E-state index contributed by atoms with van der Waals surface area (Å²) in [6.45, 7) is 2.57. The van der Waals surface area contributed by atoms with E-state index in [0.717, 1.165) is 13.0 Å². The molecular weight excluding hydrogens is 299 g/mol. The molecule has 2 rings (SSSR count). The molecule has 0 aromatic heterocycles. The first kappa shape index (κ1) is 16.1. The van der Waals surface area contributed by atoms with E-state index in [2.05, 4.69) is 9.99 Å². The molecule has 7 heteroatoms. The van der Waals surface area contributed by atoms with Gasteiger partial charge in [0.25, 0.3) is 0 Å². The first-order valence-electron chi connectivity index (χ1n) is 6.40. The first-order chi connectivity index (χ1) is 10.2. The second-order valence-electron chi connectivity index (χ2n) is 4.79. The fraction of sp³-hybridized carbons (Fsp3) is 0.333. The van der Waals surface area contributed by atoms with Crippen LogP contribution in [0, 0.1) is 0 Å². The van der Waals surface area contributed by atoms with Crippen LogP contribution in [0.2, 0.25) is 0 Å². The maximum Gasteiger partial charge on any atom is 0.416 e. The van der Waals surface area contributed by atoms with Crippen LogP contribution in [-0.2, 0) is 20.0 Å². The van der Waals surface area contributed by atoms with Crippen LogP contribution in [0.1, 0.15) is 25.0 Å². The summed E-state index contributed by atoms with van der Waals surface area (Å²) in [5.74, 6) is -0.722. The topological polar surface area (TPSA) is 47.9 Å². The van der Waals surface area contributed by atoms with E-state index in [4.69, 9.17) is 4.74 Å². The molecule has 1 unspecified atom stereocenters. The van der Waals surface area contributed by atoms with Gasteiger partial charge in [-0.2, -0.15) is 13.2 Å². The largest absolute Gasteiger partial charge is 0.444 e. The maximum atomic E-state index is 13.3. The molecule has 1 aromatic carbocycles. The van der Waals surface area contributed by atoms with Crippen molar-refractivity contribution in [2.45, 2.75) is 25.6 Å². The van der Waals surface area contributed by atoms with Crippen LogP contribution < -0.4 is 0 Å². The fourth-order valence-corrected chi connectivity index (χ4v) is 2.52. The summed E-state index contributed by atoms with van der Waals surface area (Å²) < 4.78 is 45.1. The minimum Gasteiger partial charge on any atom is -0.444 e. The molecule has 0 radical (unpaired) electrons. The average Bonchev–Trinajstić information content (AvgIpc) is 2.75. The lowest BCUT2D eigenvalue weighted by molar-refractivity contribution is -0.148. The number of fused-ring (bicyclic) bond motifs is 1. The highest BCUT2D eigenvalue weighted by Gasteiger charge is 2.50. The number of carbonyl (C=O) groups excluding carboxylic acids is 1. The lowest BCUT2D eigenvalue weighted by Crippen LogP contribution is -2.36. The van der Waals surface area contributed by atoms with Crippen LogP contribution in [0.4, 0.5) is 13.2 Å². The summed E-state index contributed by atoms with van der Waals surface area (Å²) in [5, 5.41) is 3.67. The molecule has 0 amide bonds. The third-order valence-electron chi connectivity index (χ3n) is 3.34. The Morgan fingerprint density at radius 1 is 1.23 bits per heavy atom. The van der Waals surface area contributed by atoms with E-state index >= 15 is 0 Å². The quantitative estimate of drug-likeness (QED) is 0.488. The van der Waals surface area contributed by atoms with Gasteiger partial charge < -0.3 is 9.57 Å². The predicted octanol–water partition coefficient (Wildman–Crippen LogP) is 3.43. The van der Waals surface area contributed by atoms with Gasteiger partial charge in [0.05, 0.1) is 5.57 Å². The number of halogens is 3. The van der Waals surface area contributed by atoms with Crippen molar-refractivity contribution >= 4 is 17.3 Å². The highest BCUT2D eigenvalue weighted by molar-refractivity contribution is 6.01. The molecule has 118 valence electrons. The number of hydrogen-bond acceptors (Lipinski definition) is 4. The van der Waals surface area contributed by atoms with Gasteiger partial charge in [-0.05, 0) is 18.6 Å². The Bertz CT molecular complexity index is 664. The van der Waals surface area contributed by atoms with Gasteiger partial charge in [-0.15, -0.1) is 0 Å². The van der Waals surface area contributed by atoms with Gasteiger partial charge in [-0.1, -0.05) is 29.4 Å². The number of carbonyl (C=O) groups is 1. The molecule has 0 saturated carbocycles. The minimum absolute atomic E-state index is 0.0399. The van der Waals surface area contributed by atoms with Crippen molar-refractivity contribution in [3.63, 3.8) is 0 Å². The van der Waals surface area contributed by atoms with Crippen molar-refractivity contribution in [3.8, 4) is 0 Å². The van der Waals surface area contributed by atoms with E-state index in [1.54, 1.807) is 6.07 Å². The molecule has 1 atom stereocenters. The number of rotatable bonds is 3. The molecule has 0 fully saturated rings. The van der Waals surface area contributed by atoms with Crippen LogP contribution in [0.5, 0.6) is 0 Å². The van der Waals surface area contributed by atoms with E-state index in [9.17, 15) is 18.0 Å². The molecule has 4 nitrogen and oxygen atoms in total. The average molecular weight is 313 g/mol. The van der Waals surface area contributed by atoms with Crippen molar-refractivity contribution in [1.82, 2.24) is 0 Å². The molecule has 0 aliphatic heterocycles. The predicted molar refractivity (Wildman–Crippen MR) is 74.0 cm³/mol. The van der Waals surface area contributed by atoms with Crippen LogP contribution in [-0.4, -0.2) is 25.0 Å². The zero-order valence-corrected chi connectivity index (χ0v) is 12.2. The van der Waals surface area contributed by atoms with Gasteiger partial charge in [0, 0.05) is 12.5 Å². The Kier molecular flexibility index (Phi) is 4.00. The molecule has 0 bridgehead atoms. The maximum absolute atomic E-state index is 13.3. The molecule has 0 spiro atoms. The van der Waals surface area contributed by atoms with Gasteiger partial charge >= 0.3 is 12.1 Å². The normalized spacial score (nSPS) is 21.2. The van der Waals surface area contributed by atoms with Gasteiger partial charge in [0.15, 0.2) is 5.60 Å². The van der Waals surface area contributed by atoms with Crippen LogP contribution in [0.25, 0.3) is 5.57 Å². The van der Waals surface area contributed by atoms with E-state index in [1.807, 2.05) is 0 Å². The zero-order chi connectivity index (χ0) is 16.5. The van der Waals surface area contributed by atoms with E-state index in [1.165, 1.54) is 32.2 Å². The SMILES string of the molecule is CO/N=C(\C)C1(OC(C)=O)C=C(C(F)(F)F)c2ccccc21. The number of ether oxygens (including phenoxy) is 1. The van der Waals surface area contributed by atoms with E-state index in [-0.39, 0.29) is 16.8 Å². The van der Waals surface area contributed by atoms with Crippen molar-refractivity contribution in [2.24, 2.45) is 5.16 Å². The minimum atomic E-state index is -4.58. The molecule has 1 aromatic rings. The standard InChI is InChI=1S/C15H14F3NO3/c1-9(19-21-3)14(22-10(2)20)8-13(15(16,17)18)11-6-4-5-7-12(11)14/h4-8H,1-3H3/b19-9+. The van der Waals surface area contributed by atoms with Crippen molar-refractivity contribution < 1.29 is 27.5 Å². The highest BCUT2D eigenvalue weighted by Crippen LogP contribution is 2.48. The number of allylic oxidation sites excluding steroid dienone is 1. The molecule has 0 N–H and O–H groups in total.